The quantitative estimate of drug-likeness (QED) is 0.406. The molecule has 206 valence electrons. The van der Waals surface area contributed by atoms with Gasteiger partial charge in [-0.1, -0.05) is 0 Å². The molecule has 5 heterocycles. The van der Waals surface area contributed by atoms with Crippen molar-refractivity contribution >= 4 is 28.1 Å². The Morgan fingerprint density at radius 3 is 2.54 bits per heavy atom. The van der Waals surface area contributed by atoms with Crippen LogP contribution >= 0.6 is 0 Å². The van der Waals surface area contributed by atoms with Gasteiger partial charge in [0.2, 0.25) is 0 Å². The second-order valence-corrected chi connectivity index (χ2v) is 11.3. The molecular weight excluding hydrogens is 502 g/mol. The third kappa shape index (κ3) is 3.84. The summed E-state index contributed by atoms with van der Waals surface area (Å²) in [6.07, 6.45) is 3.16. The number of piperidine rings is 1. The largest absolute Gasteiger partial charge is 0.386 e. The van der Waals surface area contributed by atoms with Gasteiger partial charge in [-0.05, 0) is 44.9 Å². The highest BCUT2D eigenvalue weighted by atomic mass is 16.5. The minimum atomic E-state index is -1.26. The molecular formula is C27H33N7O5. The fourth-order valence-electron chi connectivity index (χ4n) is 6.13. The van der Waals surface area contributed by atoms with E-state index in [1.54, 1.807) is 18.5 Å². The number of aromatic nitrogens is 6. The van der Waals surface area contributed by atoms with E-state index in [2.05, 4.69) is 9.97 Å². The van der Waals surface area contributed by atoms with Crippen molar-refractivity contribution < 1.29 is 14.6 Å². The minimum Gasteiger partial charge on any atom is -0.386 e. The molecule has 2 aliphatic heterocycles. The van der Waals surface area contributed by atoms with Crippen LogP contribution in [0.25, 0.3) is 22.2 Å². The summed E-state index contributed by atoms with van der Waals surface area (Å²) < 4.78 is 12.4. The highest BCUT2D eigenvalue weighted by Crippen LogP contribution is 2.44. The van der Waals surface area contributed by atoms with Crippen molar-refractivity contribution in [3.8, 4) is 0 Å². The fraction of sp³-hybridized carbons (Fsp3) is 0.519. The van der Waals surface area contributed by atoms with E-state index in [9.17, 15) is 19.5 Å². The van der Waals surface area contributed by atoms with Crippen molar-refractivity contribution in [3.05, 3.63) is 56.8 Å². The summed E-state index contributed by atoms with van der Waals surface area (Å²) in [5, 5.41) is 11.3. The van der Waals surface area contributed by atoms with Crippen LogP contribution in [-0.2, 0) is 25.9 Å². The van der Waals surface area contributed by atoms with Crippen LogP contribution in [0, 0.1) is 6.92 Å². The first kappa shape index (κ1) is 25.5. The van der Waals surface area contributed by atoms with Gasteiger partial charge in [0.05, 0.1) is 35.6 Å². The Morgan fingerprint density at radius 1 is 1.10 bits per heavy atom. The molecule has 0 saturated carbocycles. The highest BCUT2D eigenvalue weighted by Gasteiger charge is 2.50. The maximum Gasteiger partial charge on any atom is 0.332 e. The van der Waals surface area contributed by atoms with Crippen molar-refractivity contribution in [2.24, 2.45) is 21.1 Å². The van der Waals surface area contributed by atoms with Crippen LogP contribution in [0.1, 0.15) is 48.4 Å². The van der Waals surface area contributed by atoms with E-state index < -0.39 is 28.5 Å². The number of hydrogen-bond donors (Lipinski definition) is 1. The number of nitrogens with zero attached hydrogens (tertiary/aromatic N) is 7. The predicted octanol–water partition coefficient (Wildman–Crippen LogP) is 1.02. The van der Waals surface area contributed by atoms with E-state index in [1.807, 2.05) is 41.6 Å². The Bertz CT molecular complexity index is 1750. The van der Waals surface area contributed by atoms with Gasteiger partial charge >= 0.3 is 5.69 Å². The predicted molar refractivity (Wildman–Crippen MR) is 144 cm³/mol. The zero-order chi connectivity index (χ0) is 27.9. The lowest BCUT2D eigenvalue weighted by Gasteiger charge is -2.51. The van der Waals surface area contributed by atoms with Gasteiger partial charge in [-0.2, -0.15) is 0 Å². The van der Waals surface area contributed by atoms with Gasteiger partial charge in [-0.3, -0.25) is 18.7 Å². The lowest BCUT2D eigenvalue weighted by molar-refractivity contribution is -0.198. The van der Waals surface area contributed by atoms with Crippen LogP contribution in [0.5, 0.6) is 0 Å². The van der Waals surface area contributed by atoms with Crippen molar-refractivity contribution in [1.82, 2.24) is 33.1 Å². The summed E-state index contributed by atoms with van der Waals surface area (Å²) in [6, 6.07) is 5.12. The summed E-state index contributed by atoms with van der Waals surface area (Å²) in [5.74, 6) is 0.847. The van der Waals surface area contributed by atoms with Gasteiger partial charge in [0, 0.05) is 46.2 Å². The molecule has 0 aliphatic carbocycles. The zero-order valence-electron chi connectivity index (χ0n) is 22.8. The Morgan fingerprint density at radius 2 is 1.82 bits per heavy atom. The molecule has 6 rings (SSSR count). The first-order chi connectivity index (χ1) is 18.4. The topological polar surface area (TPSA) is 129 Å². The monoisotopic (exact) mass is 535 g/mol. The first-order valence-electron chi connectivity index (χ1n) is 13.1. The fourth-order valence-corrected chi connectivity index (χ4v) is 6.13. The number of carbonyl (C=O) groups is 1. The zero-order valence-corrected chi connectivity index (χ0v) is 22.8. The number of hydrogen-bond acceptors (Lipinski definition) is 7. The van der Waals surface area contributed by atoms with E-state index in [1.165, 1.54) is 17.9 Å². The van der Waals surface area contributed by atoms with Crippen LogP contribution in [-0.4, -0.2) is 75.0 Å². The molecule has 12 heteroatoms. The lowest BCUT2D eigenvalue weighted by atomic mass is 9.77. The number of aliphatic hydroxyl groups is 1. The summed E-state index contributed by atoms with van der Waals surface area (Å²) in [7, 11) is 4.96. The summed E-state index contributed by atoms with van der Waals surface area (Å²) >= 11 is 0. The highest BCUT2D eigenvalue weighted by molar-refractivity contribution is 5.97. The average Bonchev–Trinajstić information content (AvgIpc) is 3.48. The molecule has 3 aromatic heterocycles. The van der Waals surface area contributed by atoms with E-state index in [0.717, 1.165) is 21.4 Å². The second kappa shape index (κ2) is 8.62. The number of fused-ring (bicyclic) bond motifs is 2. The molecule has 1 spiro atoms. The minimum absolute atomic E-state index is 0.0422. The molecule has 2 saturated heterocycles. The Kier molecular flexibility index (Phi) is 5.64. The third-order valence-electron chi connectivity index (χ3n) is 8.78. The van der Waals surface area contributed by atoms with E-state index in [-0.39, 0.29) is 23.7 Å². The van der Waals surface area contributed by atoms with Gasteiger partial charge < -0.3 is 23.9 Å². The molecule has 1 N–H and O–H groups in total. The molecule has 2 atom stereocenters. The Balaban J connectivity index is 1.25. The summed E-state index contributed by atoms with van der Waals surface area (Å²) in [5.41, 5.74) is 0.201. The molecule has 39 heavy (non-hydrogen) atoms. The van der Waals surface area contributed by atoms with Crippen LogP contribution in [0.2, 0.25) is 0 Å². The van der Waals surface area contributed by atoms with Gasteiger partial charge in [0.1, 0.15) is 11.4 Å². The number of carbonyl (C=O) groups excluding carboxylic acids is 1. The van der Waals surface area contributed by atoms with Gasteiger partial charge in [0.25, 0.3) is 11.5 Å². The summed E-state index contributed by atoms with van der Waals surface area (Å²) in [6.45, 7) is 4.72. The number of likely N-dealkylation sites (tertiary alicyclic amines) is 1. The van der Waals surface area contributed by atoms with Crippen molar-refractivity contribution in [3.63, 3.8) is 0 Å². The Hall–Kier alpha value is -3.77. The van der Waals surface area contributed by atoms with Crippen molar-refractivity contribution in [2.75, 3.05) is 19.7 Å². The third-order valence-corrected chi connectivity index (χ3v) is 8.78. The van der Waals surface area contributed by atoms with Crippen LogP contribution < -0.4 is 11.2 Å². The van der Waals surface area contributed by atoms with E-state index in [0.29, 0.717) is 37.9 Å². The smallest absolute Gasteiger partial charge is 0.332 e. The maximum absolute atomic E-state index is 13.4. The number of amides is 1. The maximum atomic E-state index is 13.4. The number of benzene rings is 1. The molecule has 1 aromatic carbocycles. The van der Waals surface area contributed by atoms with Crippen LogP contribution in [0.3, 0.4) is 0 Å². The molecule has 0 unspecified atom stereocenters. The summed E-state index contributed by atoms with van der Waals surface area (Å²) in [4.78, 5) is 49.6. The molecule has 0 radical (unpaired) electrons. The number of aryl methyl sites for hydroxylation is 3. The Labute approximate surface area is 224 Å². The van der Waals surface area contributed by atoms with Crippen molar-refractivity contribution in [2.45, 2.75) is 50.4 Å². The molecule has 0 bridgehead atoms. The molecule has 1 amide bonds. The van der Waals surface area contributed by atoms with Crippen LogP contribution in [0.4, 0.5) is 0 Å². The molecule has 4 aromatic rings. The van der Waals surface area contributed by atoms with Gasteiger partial charge in [-0.25, -0.2) is 14.8 Å². The number of ether oxygens (including phenoxy) is 1. The van der Waals surface area contributed by atoms with Gasteiger partial charge in [-0.15, -0.1) is 0 Å². The number of rotatable bonds is 2. The normalized spacial score (nSPS) is 23.2. The standard InChI is InChI=1S/C27H33N7O5/c1-16-29-18-12-17(6-7-19(18)30(16)3)23(35)33-10-8-27(9-11-33)13-20(26(2,38)14-39-27)34-15-28-22-21(34)24(36)32(5)25(37)31(22)4/h6-7,12,15,20,38H,8-11,13-14H2,1-5H3/t20-,26-/m0/s1. The lowest BCUT2D eigenvalue weighted by Crippen LogP contribution is -2.57. The van der Waals surface area contributed by atoms with E-state index >= 15 is 0 Å². The molecule has 2 fully saturated rings. The van der Waals surface area contributed by atoms with Gasteiger partial charge in [0.15, 0.2) is 11.2 Å². The molecule has 2 aliphatic rings. The first-order valence-corrected chi connectivity index (χ1v) is 13.1. The van der Waals surface area contributed by atoms with Crippen molar-refractivity contribution in [1.29, 1.82) is 0 Å². The average molecular weight is 536 g/mol. The molecule has 12 nitrogen and oxygen atoms in total. The van der Waals surface area contributed by atoms with Crippen LogP contribution in [0.15, 0.2) is 34.1 Å². The number of imidazole rings is 2. The second-order valence-electron chi connectivity index (χ2n) is 11.3. The SMILES string of the molecule is Cc1nc2cc(C(=O)N3CCC4(CC3)C[C@H](n3cnc5c3c(=O)n(C)c(=O)n5C)[C@@](C)(O)CO4)ccc2n1C. The van der Waals surface area contributed by atoms with E-state index in [4.69, 9.17) is 4.74 Å².